The first-order valence-electron chi connectivity index (χ1n) is 3.68. The van der Waals surface area contributed by atoms with Gasteiger partial charge in [-0.05, 0) is 0 Å². The molecule has 0 aromatic carbocycles. The first-order chi connectivity index (χ1) is 6.19. The highest BCUT2D eigenvalue weighted by Gasteiger charge is 2.11. The number of nitrogens with one attached hydrogen (secondary N) is 3. The molecule has 2 amide bonds. The van der Waals surface area contributed by atoms with E-state index in [9.17, 15) is 9.59 Å². The van der Waals surface area contributed by atoms with Crippen LogP contribution in [-0.2, 0) is 0 Å². The highest BCUT2D eigenvalue weighted by Crippen LogP contribution is 1.98. The molecule has 0 radical (unpaired) electrons. The van der Waals surface area contributed by atoms with Crippen LogP contribution in [0.3, 0.4) is 0 Å². The van der Waals surface area contributed by atoms with Crippen molar-refractivity contribution in [3.8, 4) is 0 Å². The molecule has 1 aromatic heterocycles. The fourth-order valence-electron chi connectivity index (χ4n) is 0.817. The van der Waals surface area contributed by atoms with Gasteiger partial charge < -0.3 is 10.6 Å². The van der Waals surface area contributed by atoms with Gasteiger partial charge in [0.1, 0.15) is 5.69 Å². The Morgan fingerprint density at radius 2 is 1.92 bits per heavy atom. The van der Waals surface area contributed by atoms with Crippen LogP contribution in [0.4, 0.5) is 0 Å². The molecule has 1 heterocycles. The van der Waals surface area contributed by atoms with Crippen LogP contribution >= 0.6 is 0 Å². The van der Waals surface area contributed by atoms with E-state index in [1.807, 2.05) is 0 Å². The van der Waals surface area contributed by atoms with Crippen LogP contribution in [0.5, 0.6) is 0 Å². The van der Waals surface area contributed by atoms with Gasteiger partial charge >= 0.3 is 0 Å². The second-order valence-electron chi connectivity index (χ2n) is 2.33. The van der Waals surface area contributed by atoms with E-state index < -0.39 is 0 Å². The zero-order valence-corrected chi connectivity index (χ0v) is 7.34. The zero-order valence-electron chi connectivity index (χ0n) is 7.34. The van der Waals surface area contributed by atoms with Crippen LogP contribution in [0, 0.1) is 0 Å². The number of amides is 2. The number of carbonyl (C=O) groups excluding carboxylic acids is 2. The van der Waals surface area contributed by atoms with Crippen LogP contribution < -0.4 is 10.6 Å². The minimum Gasteiger partial charge on any atom is -0.354 e. The Balaban J connectivity index is 2.86. The normalized spacial score (nSPS) is 9.38. The van der Waals surface area contributed by atoms with E-state index in [4.69, 9.17) is 0 Å². The Morgan fingerprint density at radius 1 is 1.31 bits per heavy atom. The molecular weight excluding hydrogens is 172 g/mol. The topological polar surface area (TPSA) is 86.9 Å². The van der Waals surface area contributed by atoms with Gasteiger partial charge in [-0.2, -0.15) is 5.10 Å². The Hall–Kier alpha value is -1.85. The highest BCUT2D eigenvalue weighted by molar-refractivity contribution is 5.97. The van der Waals surface area contributed by atoms with E-state index in [2.05, 4.69) is 20.8 Å². The maximum atomic E-state index is 11.0. The molecule has 70 valence electrons. The first-order valence-corrected chi connectivity index (χ1v) is 3.68. The number of rotatable bonds is 2. The van der Waals surface area contributed by atoms with E-state index in [-0.39, 0.29) is 23.2 Å². The summed E-state index contributed by atoms with van der Waals surface area (Å²) in [5, 5.41) is 10.9. The third-order valence-electron chi connectivity index (χ3n) is 1.51. The second kappa shape index (κ2) is 3.70. The van der Waals surface area contributed by atoms with Gasteiger partial charge in [-0.25, -0.2) is 0 Å². The summed E-state index contributed by atoms with van der Waals surface area (Å²) in [7, 11) is 3.00. The number of aromatic nitrogens is 2. The molecule has 1 rings (SSSR count). The summed E-state index contributed by atoms with van der Waals surface area (Å²) < 4.78 is 0. The predicted octanol–water partition coefficient (Wildman–Crippen LogP) is -0.871. The molecule has 0 aliphatic rings. The molecule has 0 spiro atoms. The molecule has 0 bridgehead atoms. The zero-order chi connectivity index (χ0) is 9.84. The van der Waals surface area contributed by atoms with E-state index in [0.717, 1.165) is 0 Å². The standard InChI is InChI=1S/C7H10N4O2/c1-8-6(12)4-3-5(11-10-4)7(13)9-2/h3H,1-2H3,(H,8,12)(H,9,13)(H,10,11). The average Bonchev–Trinajstić information content (AvgIpc) is 2.64. The molecule has 3 N–H and O–H groups in total. The monoisotopic (exact) mass is 182 g/mol. The lowest BCUT2D eigenvalue weighted by molar-refractivity contribution is 0.0952. The lowest BCUT2D eigenvalue weighted by atomic mass is 10.3. The highest BCUT2D eigenvalue weighted by atomic mass is 16.2. The number of hydrogen-bond donors (Lipinski definition) is 3. The Labute approximate surface area is 74.7 Å². The van der Waals surface area contributed by atoms with Crippen LogP contribution in [0.2, 0.25) is 0 Å². The smallest absolute Gasteiger partial charge is 0.271 e. The van der Waals surface area contributed by atoms with Gasteiger partial charge in [0.25, 0.3) is 11.8 Å². The molecule has 0 aliphatic carbocycles. The molecule has 6 heteroatoms. The first kappa shape index (κ1) is 9.24. The van der Waals surface area contributed by atoms with Gasteiger partial charge in [-0.1, -0.05) is 0 Å². The average molecular weight is 182 g/mol. The lowest BCUT2D eigenvalue weighted by Crippen LogP contribution is -2.19. The number of carbonyl (C=O) groups is 2. The summed E-state index contributed by atoms with van der Waals surface area (Å²) in [5.41, 5.74) is 0.460. The molecule has 0 saturated carbocycles. The summed E-state index contributed by atoms with van der Waals surface area (Å²) in [5.74, 6) is -0.631. The molecule has 0 saturated heterocycles. The maximum absolute atomic E-state index is 11.0. The number of aromatic amines is 1. The number of nitrogens with zero attached hydrogens (tertiary/aromatic N) is 1. The van der Waals surface area contributed by atoms with Crippen molar-refractivity contribution in [1.82, 2.24) is 20.8 Å². The van der Waals surface area contributed by atoms with Crippen molar-refractivity contribution in [3.05, 3.63) is 17.5 Å². The van der Waals surface area contributed by atoms with Crippen LogP contribution in [0.1, 0.15) is 21.0 Å². The Kier molecular flexibility index (Phi) is 2.63. The molecular formula is C7H10N4O2. The molecule has 1 aromatic rings. The molecule has 13 heavy (non-hydrogen) atoms. The largest absolute Gasteiger partial charge is 0.354 e. The van der Waals surface area contributed by atoms with Crippen molar-refractivity contribution in [3.63, 3.8) is 0 Å². The van der Waals surface area contributed by atoms with Crippen LogP contribution in [0.25, 0.3) is 0 Å². The second-order valence-corrected chi connectivity index (χ2v) is 2.33. The molecule has 0 atom stereocenters. The van der Waals surface area contributed by atoms with E-state index >= 15 is 0 Å². The van der Waals surface area contributed by atoms with Crippen molar-refractivity contribution in [1.29, 1.82) is 0 Å². The van der Waals surface area contributed by atoms with Gasteiger partial charge in [-0.15, -0.1) is 0 Å². The van der Waals surface area contributed by atoms with Crippen molar-refractivity contribution >= 4 is 11.8 Å². The minimum atomic E-state index is -0.327. The van der Waals surface area contributed by atoms with Crippen LogP contribution in [0.15, 0.2) is 6.07 Å². The van der Waals surface area contributed by atoms with E-state index in [1.165, 1.54) is 20.2 Å². The summed E-state index contributed by atoms with van der Waals surface area (Å²) in [6.07, 6.45) is 0. The van der Waals surface area contributed by atoms with Crippen molar-refractivity contribution in [2.75, 3.05) is 14.1 Å². The summed E-state index contributed by atoms with van der Waals surface area (Å²) in [4.78, 5) is 22.0. The van der Waals surface area contributed by atoms with Crippen molar-refractivity contribution in [2.24, 2.45) is 0 Å². The quantitative estimate of drug-likeness (QED) is 0.555. The van der Waals surface area contributed by atoms with Crippen LogP contribution in [-0.4, -0.2) is 36.1 Å². The third-order valence-corrected chi connectivity index (χ3v) is 1.51. The van der Waals surface area contributed by atoms with Crippen molar-refractivity contribution in [2.45, 2.75) is 0 Å². The van der Waals surface area contributed by atoms with Gasteiger partial charge in [0.05, 0.1) is 0 Å². The van der Waals surface area contributed by atoms with Gasteiger partial charge in [0.15, 0.2) is 5.69 Å². The third kappa shape index (κ3) is 1.84. The number of H-pyrrole nitrogens is 1. The Morgan fingerprint density at radius 3 is 2.46 bits per heavy atom. The lowest BCUT2D eigenvalue weighted by Gasteiger charge is -1.91. The number of hydrogen-bond acceptors (Lipinski definition) is 3. The summed E-state index contributed by atoms with van der Waals surface area (Å²) in [6.45, 7) is 0. The molecule has 6 nitrogen and oxygen atoms in total. The van der Waals surface area contributed by atoms with Crippen molar-refractivity contribution < 1.29 is 9.59 Å². The van der Waals surface area contributed by atoms with Gasteiger partial charge in [0.2, 0.25) is 0 Å². The summed E-state index contributed by atoms with van der Waals surface area (Å²) in [6, 6.07) is 1.39. The molecule has 0 aliphatic heterocycles. The van der Waals surface area contributed by atoms with E-state index in [0.29, 0.717) is 0 Å². The molecule has 0 unspecified atom stereocenters. The van der Waals surface area contributed by atoms with E-state index in [1.54, 1.807) is 0 Å². The SMILES string of the molecule is CNC(=O)c1cc(C(=O)NC)[nH]n1. The molecule has 0 fully saturated rings. The predicted molar refractivity (Wildman–Crippen MR) is 45.4 cm³/mol. The fourth-order valence-corrected chi connectivity index (χ4v) is 0.817. The maximum Gasteiger partial charge on any atom is 0.271 e. The van der Waals surface area contributed by atoms with Gasteiger partial charge in [0, 0.05) is 20.2 Å². The summed E-state index contributed by atoms with van der Waals surface area (Å²) >= 11 is 0. The fraction of sp³-hybridized carbons (Fsp3) is 0.286. The minimum absolute atomic E-state index is 0.195. The van der Waals surface area contributed by atoms with Gasteiger partial charge in [-0.3, -0.25) is 14.7 Å². The Bertz CT molecular complexity index is 300.